The van der Waals surface area contributed by atoms with Crippen LogP contribution in [-0.2, 0) is 0 Å². The fourth-order valence-corrected chi connectivity index (χ4v) is 3.37. The van der Waals surface area contributed by atoms with E-state index in [9.17, 15) is 9.18 Å². The number of hydrogen-bond donors (Lipinski definition) is 0. The fourth-order valence-electron chi connectivity index (χ4n) is 3.37. The Balaban J connectivity index is 1.49. The zero-order valence-electron chi connectivity index (χ0n) is 14.9. The number of hydrogen-bond acceptors (Lipinski definition) is 5. The van der Waals surface area contributed by atoms with E-state index in [4.69, 9.17) is 4.52 Å². The van der Waals surface area contributed by atoms with Crippen LogP contribution in [0.25, 0.3) is 11.3 Å². The molecule has 138 valence electrons. The first-order valence-corrected chi connectivity index (χ1v) is 8.91. The molecule has 1 aliphatic heterocycles. The van der Waals surface area contributed by atoms with Gasteiger partial charge in [0, 0.05) is 37.7 Å². The molecule has 6 nitrogen and oxygen atoms in total. The Morgan fingerprint density at radius 2 is 2.19 bits per heavy atom. The lowest BCUT2D eigenvalue weighted by Gasteiger charge is -2.31. The molecule has 0 saturated carbocycles. The summed E-state index contributed by atoms with van der Waals surface area (Å²) < 4.78 is 18.4. The van der Waals surface area contributed by atoms with Gasteiger partial charge in [0.2, 0.25) is 5.89 Å². The van der Waals surface area contributed by atoms with Gasteiger partial charge in [0.1, 0.15) is 5.82 Å². The van der Waals surface area contributed by atoms with E-state index >= 15 is 0 Å². The number of aryl methyl sites for hydroxylation is 1. The van der Waals surface area contributed by atoms with Gasteiger partial charge in [-0.3, -0.25) is 9.78 Å². The molecular formula is C20H19FN4O2. The average Bonchev–Trinajstić information content (AvgIpc) is 3.14. The molecule has 0 N–H and O–H groups in total. The average molecular weight is 366 g/mol. The van der Waals surface area contributed by atoms with Crippen LogP contribution in [0.1, 0.15) is 40.8 Å². The highest BCUT2D eigenvalue weighted by molar-refractivity contribution is 5.94. The summed E-state index contributed by atoms with van der Waals surface area (Å²) in [5, 5.41) is 3.99. The number of halogens is 1. The Morgan fingerprint density at radius 1 is 1.30 bits per heavy atom. The van der Waals surface area contributed by atoms with E-state index < -0.39 is 0 Å². The summed E-state index contributed by atoms with van der Waals surface area (Å²) in [5.74, 6) is 0.888. The van der Waals surface area contributed by atoms with E-state index in [1.807, 2.05) is 0 Å². The topological polar surface area (TPSA) is 72.1 Å². The lowest BCUT2D eigenvalue weighted by molar-refractivity contribution is 0.0703. The minimum atomic E-state index is -0.314. The molecule has 7 heteroatoms. The number of carbonyl (C=O) groups excluding carboxylic acids is 1. The van der Waals surface area contributed by atoms with Gasteiger partial charge in [-0.05, 0) is 37.1 Å². The highest BCUT2D eigenvalue weighted by Gasteiger charge is 2.28. The number of aromatic nitrogens is 3. The van der Waals surface area contributed by atoms with Crippen LogP contribution in [0.3, 0.4) is 0 Å². The Bertz CT molecular complexity index is 955. The van der Waals surface area contributed by atoms with E-state index in [0.717, 1.165) is 12.8 Å². The largest absolute Gasteiger partial charge is 0.340 e. The summed E-state index contributed by atoms with van der Waals surface area (Å²) in [4.78, 5) is 23.3. The van der Waals surface area contributed by atoms with Crippen molar-refractivity contribution in [3.05, 3.63) is 65.7 Å². The maximum atomic E-state index is 13.4. The van der Waals surface area contributed by atoms with Crippen molar-refractivity contribution in [1.82, 2.24) is 20.0 Å². The Hall–Kier alpha value is -3.09. The van der Waals surface area contributed by atoms with Gasteiger partial charge >= 0.3 is 0 Å². The van der Waals surface area contributed by atoms with E-state index in [1.54, 1.807) is 42.3 Å². The first kappa shape index (κ1) is 17.3. The van der Waals surface area contributed by atoms with Gasteiger partial charge in [-0.1, -0.05) is 17.3 Å². The van der Waals surface area contributed by atoms with Crippen LogP contribution in [0.5, 0.6) is 0 Å². The molecule has 1 saturated heterocycles. The second-order valence-electron chi connectivity index (χ2n) is 6.70. The Morgan fingerprint density at radius 3 is 2.89 bits per heavy atom. The summed E-state index contributed by atoms with van der Waals surface area (Å²) in [7, 11) is 0. The van der Waals surface area contributed by atoms with Crippen LogP contribution in [0.4, 0.5) is 4.39 Å². The van der Waals surface area contributed by atoms with E-state index in [2.05, 4.69) is 15.1 Å². The van der Waals surface area contributed by atoms with Crippen molar-refractivity contribution in [2.24, 2.45) is 0 Å². The Labute approximate surface area is 156 Å². The van der Waals surface area contributed by atoms with Crippen LogP contribution in [0, 0.1) is 12.7 Å². The minimum Gasteiger partial charge on any atom is -0.340 e. The molecule has 3 aromatic rings. The van der Waals surface area contributed by atoms with Crippen molar-refractivity contribution in [1.29, 1.82) is 0 Å². The molecule has 0 aliphatic carbocycles. The lowest BCUT2D eigenvalue weighted by atomic mass is 9.97. The van der Waals surface area contributed by atoms with Crippen molar-refractivity contribution < 1.29 is 13.7 Å². The molecule has 0 spiro atoms. The van der Waals surface area contributed by atoms with Crippen molar-refractivity contribution in [2.45, 2.75) is 25.7 Å². The summed E-state index contributed by atoms with van der Waals surface area (Å²) in [6.07, 6.45) is 3.36. The fraction of sp³-hybridized carbons (Fsp3) is 0.300. The normalized spacial score (nSPS) is 17.1. The van der Waals surface area contributed by atoms with Gasteiger partial charge in [0.25, 0.3) is 5.91 Å². The number of rotatable bonds is 3. The van der Waals surface area contributed by atoms with Crippen LogP contribution in [0.2, 0.25) is 0 Å². The highest BCUT2D eigenvalue weighted by Crippen LogP contribution is 2.26. The quantitative estimate of drug-likeness (QED) is 0.708. The number of pyridine rings is 1. The molecule has 1 aliphatic rings. The van der Waals surface area contributed by atoms with Crippen LogP contribution in [-0.4, -0.2) is 39.0 Å². The molecule has 2 aromatic heterocycles. The summed E-state index contributed by atoms with van der Waals surface area (Å²) in [5.41, 5.74) is 1.82. The number of carbonyl (C=O) groups is 1. The van der Waals surface area contributed by atoms with Gasteiger partial charge in [0.15, 0.2) is 5.82 Å². The number of benzene rings is 1. The molecule has 1 fully saturated rings. The molecule has 1 amide bonds. The van der Waals surface area contributed by atoms with Crippen LogP contribution in [0.15, 0.2) is 47.1 Å². The number of nitrogens with zero attached hydrogens (tertiary/aromatic N) is 4. The number of amides is 1. The second kappa shape index (κ2) is 7.26. The zero-order valence-corrected chi connectivity index (χ0v) is 14.9. The Kier molecular flexibility index (Phi) is 4.66. The predicted octanol–water partition coefficient (Wildman–Crippen LogP) is 3.60. The summed E-state index contributed by atoms with van der Waals surface area (Å²) in [6.45, 7) is 3.01. The van der Waals surface area contributed by atoms with Crippen molar-refractivity contribution in [3.8, 4) is 11.3 Å². The second-order valence-corrected chi connectivity index (χ2v) is 6.70. The van der Waals surface area contributed by atoms with Gasteiger partial charge in [0.05, 0.1) is 11.3 Å². The number of piperidine rings is 1. The molecule has 4 rings (SSSR count). The molecule has 1 aromatic carbocycles. The maximum Gasteiger partial charge on any atom is 0.255 e. The molecular weight excluding hydrogens is 347 g/mol. The molecule has 3 heterocycles. The van der Waals surface area contributed by atoms with Gasteiger partial charge in [-0.25, -0.2) is 4.39 Å². The third-order valence-corrected chi connectivity index (χ3v) is 4.75. The first-order valence-electron chi connectivity index (χ1n) is 8.91. The summed E-state index contributed by atoms with van der Waals surface area (Å²) >= 11 is 0. The van der Waals surface area contributed by atoms with Gasteiger partial charge < -0.3 is 9.42 Å². The summed E-state index contributed by atoms with van der Waals surface area (Å²) in [6, 6.07) is 9.71. The standard InChI is InChI=1S/C20H19FN4O2/c1-13-23-19(24-27-13)16-5-3-9-25(12-16)20(26)15-7-8-18(22-11-15)14-4-2-6-17(21)10-14/h2,4,6-8,10-11,16H,3,5,9,12H2,1H3/t16-/m1/s1. The van der Waals surface area contributed by atoms with Gasteiger partial charge in [-0.2, -0.15) is 4.98 Å². The van der Waals surface area contributed by atoms with E-state index in [0.29, 0.717) is 41.6 Å². The maximum absolute atomic E-state index is 13.4. The molecule has 0 bridgehead atoms. The molecule has 0 radical (unpaired) electrons. The van der Waals surface area contributed by atoms with E-state index in [-0.39, 0.29) is 17.6 Å². The monoisotopic (exact) mass is 366 g/mol. The molecule has 0 unspecified atom stereocenters. The third kappa shape index (κ3) is 3.72. The minimum absolute atomic E-state index is 0.0711. The third-order valence-electron chi connectivity index (χ3n) is 4.75. The first-order chi connectivity index (χ1) is 13.1. The SMILES string of the molecule is Cc1nc([C@@H]2CCCN(C(=O)c3ccc(-c4cccc(F)c4)nc3)C2)no1. The van der Waals surface area contributed by atoms with Crippen molar-refractivity contribution in [2.75, 3.05) is 13.1 Å². The molecule has 27 heavy (non-hydrogen) atoms. The predicted molar refractivity (Wildman–Crippen MR) is 96.5 cm³/mol. The lowest BCUT2D eigenvalue weighted by Crippen LogP contribution is -2.39. The van der Waals surface area contributed by atoms with Gasteiger partial charge in [-0.15, -0.1) is 0 Å². The molecule has 1 atom stereocenters. The van der Waals surface area contributed by atoms with Crippen LogP contribution < -0.4 is 0 Å². The smallest absolute Gasteiger partial charge is 0.255 e. The number of likely N-dealkylation sites (tertiary alicyclic amines) is 1. The van der Waals surface area contributed by atoms with Crippen molar-refractivity contribution in [3.63, 3.8) is 0 Å². The zero-order chi connectivity index (χ0) is 18.8. The van der Waals surface area contributed by atoms with Crippen LogP contribution >= 0.6 is 0 Å². The van der Waals surface area contributed by atoms with Crippen molar-refractivity contribution >= 4 is 5.91 Å². The highest BCUT2D eigenvalue weighted by atomic mass is 19.1. The van der Waals surface area contributed by atoms with E-state index in [1.165, 1.54) is 12.1 Å².